The topological polar surface area (TPSA) is 103 Å². The summed E-state index contributed by atoms with van der Waals surface area (Å²) in [7, 11) is 1.29. The fraction of sp³-hybridized carbons (Fsp3) is 0.320. The third kappa shape index (κ3) is 5.48. The molecule has 1 amide bonds. The second-order valence-electron chi connectivity index (χ2n) is 8.17. The summed E-state index contributed by atoms with van der Waals surface area (Å²) in [4.78, 5) is 14.0. The molecule has 7 nitrogen and oxygen atoms in total. The van der Waals surface area contributed by atoms with E-state index in [0.717, 1.165) is 34.9 Å². The van der Waals surface area contributed by atoms with E-state index in [1.807, 2.05) is 30.5 Å². The summed E-state index contributed by atoms with van der Waals surface area (Å²) in [6.07, 6.45) is 3.57. The molecule has 0 aliphatic heterocycles. The van der Waals surface area contributed by atoms with E-state index >= 15 is 0 Å². The monoisotopic (exact) mass is 501 g/mol. The number of carbonyl (C=O) groups excluding carboxylic acids is 1. The lowest BCUT2D eigenvalue weighted by Crippen LogP contribution is -2.18. The first kappa shape index (κ1) is 25.9. The largest absolute Gasteiger partial charge is 0.495 e. The maximum absolute atomic E-state index is 13.7. The highest BCUT2D eigenvalue weighted by atomic mass is 32.2. The number of amides is 1. The van der Waals surface area contributed by atoms with Crippen molar-refractivity contribution in [3.05, 3.63) is 53.6 Å². The number of hydrogen-bond donors (Lipinski definition) is 3. The molecule has 0 aliphatic rings. The fourth-order valence-corrected chi connectivity index (χ4v) is 4.88. The normalized spacial score (nSPS) is 12.0. The molecule has 1 unspecified atom stereocenters. The minimum Gasteiger partial charge on any atom is -0.495 e. The van der Waals surface area contributed by atoms with Gasteiger partial charge in [-0.1, -0.05) is 50.1 Å². The van der Waals surface area contributed by atoms with Crippen LogP contribution in [0.3, 0.4) is 0 Å². The van der Waals surface area contributed by atoms with Crippen LogP contribution in [-0.2, 0) is 17.4 Å². The van der Waals surface area contributed by atoms with Gasteiger partial charge in [-0.15, -0.1) is 0 Å². The molecule has 4 N–H and O–H groups in total. The van der Waals surface area contributed by atoms with Crippen LogP contribution in [0.4, 0.5) is 11.4 Å². The Morgan fingerprint density at radius 3 is 2.35 bits per heavy atom. The first-order valence-corrected chi connectivity index (χ1v) is 13.3. The first-order valence-electron chi connectivity index (χ1n) is 10.9. The number of benzene rings is 3. The number of ether oxygens (including phenoxy) is 2. The molecule has 1 atom stereocenters. The summed E-state index contributed by atoms with van der Waals surface area (Å²) < 4.78 is 26.8. The summed E-state index contributed by atoms with van der Waals surface area (Å²) in [6, 6.07) is 13.0. The standard InChI is InChI=1S/C25H31N3O4S2/c1-15(2)10-12-19-17-8-6-7-9-18(17)23(31-3)22(24(19)32-4)25(29)27-20-13-11-16(28-33-5)14-21(20)34(26)30/h6-9,11,13-15,28H,10,12,26H2,1-5H3,(H,27,29). The Labute approximate surface area is 207 Å². The molecule has 182 valence electrons. The van der Waals surface area contributed by atoms with Crippen LogP contribution in [0.2, 0.25) is 0 Å². The van der Waals surface area contributed by atoms with E-state index in [-0.39, 0.29) is 0 Å². The number of rotatable bonds is 10. The molecule has 34 heavy (non-hydrogen) atoms. The zero-order valence-corrected chi connectivity index (χ0v) is 21.7. The molecule has 9 heteroatoms. The molecule has 0 bridgehead atoms. The van der Waals surface area contributed by atoms with Crippen molar-refractivity contribution in [1.29, 1.82) is 0 Å². The van der Waals surface area contributed by atoms with Crippen LogP contribution in [0, 0.1) is 5.92 Å². The predicted molar refractivity (Wildman–Crippen MR) is 142 cm³/mol. The van der Waals surface area contributed by atoms with Crippen molar-refractivity contribution in [3.8, 4) is 11.5 Å². The molecule has 0 fully saturated rings. The second kappa shape index (κ2) is 11.6. The molecule has 0 spiro atoms. The average molecular weight is 502 g/mol. The van der Waals surface area contributed by atoms with Crippen molar-refractivity contribution in [3.63, 3.8) is 0 Å². The van der Waals surface area contributed by atoms with Gasteiger partial charge in [0.05, 0.1) is 24.8 Å². The molecule has 0 saturated heterocycles. The Balaban J connectivity index is 2.17. The number of aryl methyl sites for hydroxylation is 1. The van der Waals surface area contributed by atoms with E-state index in [1.54, 1.807) is 25.3 Å². The van der Waals surface area contributed by atoms with Gasteiger partial charge in [0.2, 0.25) is 0 Å². The maximum Gasteiger partial charge on any atom is 0.263 e. The van der Waals surface area contributed by atoms with Crippen molar-refractivity contribution in [2.75, 3.05) is 30.5 Å². The van der Waals surface area contributed by atoms with Crippen molar-refractivity contribution >= 4 is 51.0 Å². The molecule has 3 rings (SSSR count). The van der Waals surface area contributed by atoms with Crippen LogP contribution in [0.1, 0.15) is 36.2 Å². The predicted octanol–water partition coefficient (Wildman–Crippen LogP) is 5.37. The molecular formula is C25H31N3O4S2. The summed E-state index contributed by atoms with van der Waals surface area (Å²) in [5.74, 6) is 0.958. The number of fused-ring (bicyclic) bond motifs is 1. The summed E-state index contributed by atoms with van der Waals surface area (Å²) in [5, 5.41) is 10.4. The highest BCUT2D eigenvalue weighted by molar-refractivity contribution is 7.99. The molecule has 3 aromatic rings. The van der Waals surface area contributed by atoms with Gasteiger partial charge in [0.15, 0.2) is 0 Å². The van der Waals surface area contributed by atoms with Gasteiger partial charge >= 0.3 is 0 Å². The van der Waals surface area contributed by atoms with Gasteiger partial charge in [-0.2, -0.15) is 0 Å². The Morgan fingerprint density at radius 2 is 1.76 bits per heavy atom. The molecule has 0 aromatic heterocycles. The minimum absolute atomic E-state index is 0.294. The lowest BCUT2D eigenvalue weighted by atomic mass is 9.92. The quantitative estimate of drug-likeness (QED) is 0.323. The minimum atomic E-state index is -1.80. The maximum atomic E-state index is 13.7. The molecule has 0 heterocycles. The van der Waals surface area contributed by atoms with E-state index < -0.39 is 16.9 Å². The average Bonchev–Trinajstić information content (AvgIpc) is 2.82. The summed E-state index contributed by atoms with van der Waals surface area (Å²) >= 11 is 1.40. The third-order valence-corrected chi connectivity index (χ3v) is 6.71. The van der Waals surface area contributed by atoms with Crippen molar-refractivity contribution < 1.29 is 18.5 Å². The van der Waals surface area contributed by atoms with Crippen LogP contribution < -0.4 is 24.7 Å². The second-order valence-corrected chi connectivity index (χ2v) is 9.81. The molecular weight excluding hydrogens is 470 g/mol. The Bertz CT molecular complexity index is 1210. The number of methoxy groups -OCH3 is 2. The van der Waals surface area contributed by atoms with Gasteiger partial charge < -0.3 is 19.5 Å². The molecule has 0 saturated carbocycles. The molecule has 0 radical (unpaired) electrons. The number of hydrogen-bond acceptors (Lipinski definition) is 6. The number of anilines is 2. The van der Waals surface area contributed by atoms with Crippen molar-refractivity contribution in [1.82, 2.24) is 0 Å². The summed E-state index contributed by atoms with van der Waals surface area (Å²) in [5.41, 5.74) is 2.34. The lowest BCUT2D eigenvalue weighted by Gasteiger charge is -2.21. The lowest BCUT2D eigenvalue weighted by molar-refractivity contribution is 0.102. The van der Waals surface area contributed by atoms with Crippen molar-refractivity contribution in [2.24, 2.45) is 11.1 Å². The van der Waals surface area contributed by atoms with Crippen molar-refractivity contribution in [2.45, 2.75) is 31.6 Å². The first-order chi connectivity index (χ1) is 16.3. The van der Waals surface area contributed by atoms with Crippen LogP contribution in [-0.4, -0.2) is 30.6 Å². The van der Waals surface area contributed by atoms with Crippen LogP contribution in [0.15, 0.2) is 47.4 Å². The van der Waals surface area contributed by atoms with Crippen LogP contribution >= 0.6 is 11.9 Å². The van der Waals surface area contributed by atoms with Gasteiger partial charge in [0.1, 0.15) is 28.0 Å². The zero-order chi connectivity index (χ0) is 24.8. The number of nitrogens with two attached hydrogens (primary N) is 1. The van der Waals surface area contributed by atoms with Gasteiger partial charge in [0, 0.05) is 22.9 Å². The zero-order valence-electron chi connectivity index (χ0n) is 20.1. The Morgan fingerprint density at radius 1 is 1.09 bits per heavy atom. The Kier molecular flexibility index (Phi) is 8.82. The van der Waals surface area contributed by atoms with Crippen LogP contribution in [0.25, 0.3) is 10.8 Å². The van der Waals surface area contributed by atoms with Gasteiger partial charge in [-0.05, 0) is 42.3 Å². The molecule has 0 aliphatic carbocycles. The highest BCUT2D eigenvalue weighted by Crippen LogP contribution is 2.42. The van der Waals surface area contributed by atoms with E-state index in [1.165, 1.54) is 19.1 Å². The van der Waals surface area contributed by atoms with E-state index in [9.17, 15) is 9.00 Å². The molecule has 3 aromatic carbocycles. The van der Waals surface area contributed by atoms with Gasteiger partial charge in [-0.3, -0.25) is 4.79 Å². The van der Waals surface area contributed by atoms with Gasteiger partial charge in [0.25, 0.3) is 5.91 Å². The smallest absolute Gasteiger partial charge is 0.263 e. The van der Waals surface area contributed by atoms with Crippen LogP contribution in [0.5, 0.6) is 11.5 Å². The van der Waals surface area contributed by atoms with E-state index in [2.05, 4.69) is 23.9 Å². The Hall–Kier alpha value is -2.75. The van der Waals surface area contributed by atoms with E-state index in [4.69, 9.17) is 14.6 Å². The highest BCUT2D eigenvalue weighted by Gasteiger charge is 2.27. The SMILES string of the molecule is COc1c(C(=O)Nc2ccc(NSC)cc2S(N)=O)c(OC)c2ccccc2c1CCC(C)C. The van der Waals surface area contributed by atoms with E-state index in [0.29, 0.717) is 33.6 Å². The third-order valence-electron chi connectivity index (χ3n) is 5.50. The number of nitrogens with one attached hydrogen (secondary N) is 2. The van der Waals surface area contributed by atoms with Gasteiger partial charge in [-0.25, -0.2) is 9.35 Å². The fourth-order valence-electron chi connectivity index (χ4n) is 3.94. The number of carbonyl (C=O) groups is 1. The summed E-state index contributed by atoms with van der Waals surface area (Å²) in [6.45, 7) is 4.33.